The zero-order valence-corrected chi connectivity index (χ0v) is 10.0. The van der Waals surface area contributed by atoms with E-state index in [0.717, 1.165) is 0 Å². The Morgan fingerprint density at radius 2 is 1.94 bits per heavy atom. The van der Waals surface area contributed by atoms with Crippen LogP contribution in [0.2, 0.25) is 0 Å². The predicted octanol–water partition coefficient (Wildman–Crippen LogP) is 1.51. The topological polar surface area (TPSA) is 55.4 Å². The molecule has 0 heterocycles. The highest BCUT2D eigenvalue weighted by atomic mass is 16.5. The van der Waals surface area contributed by atoms with Gasteiger partial charge in [0.25, 0.3) is 0 Å². The molecule has 1 aromatic carbocycles. The summed E-state index contributed by atoms with van der Waals surface area (Å²) >= 11 is 0. The molecule has 1 N–H and O–H groups in total. The highest BCUT2D eigenvalue weighted by molar-refractivity contribution is 5.77. The maximum absolute atomic E-state index is 11.4. The van der Waals surface area contributed by atoms with Gasteiger partial charge in [-0.2, -0.15) is 0 Å². The van der Waals surface area contributed by atoms with E-state index in [1.165, 1.54) is 0 Å². The molecule has 0 fully saturated rings. The summed E-state index contributed by atoms with van der Waals surface area (Å²) < 4.78 is 5.07. The van der Waals surface area contributed by atoms with Crippen molar-refractivity contribution in [1.82, 2.24) is 5.32 Å². The van der Waals surface area contributed by atoms with Crippen LogP contribution in [0.1, 0.15) is 19.3 Å². The number of amides is 1. The highest BCUT2D eigenvalue weighted by Crippen LogP contribution is 2.10. The van der Waals surface area contributed by atoms with Gasteiger partial charge in [-0.1, -0.05) is 24.1 Å². The van der Waals surface area contributed by atoms with Crippen LogP contribution in [-0.4, -0.2) is 18.4 Å². The summed E-state index contributed by atoms with van der Waals surface area (Å²) in [5.74, 6) is 2.33. The van der Waals surface area contributed by atoms with E-state index in [4.69, 9.17) is 11.2 Å². The molecule has 0 unspecified atom stereocenters. The van der Waals surface area contributed by atoms with E-state index in [1.807, 2.05) is 6.07 Å². The van der Waals surface area contributed by atoms with Gasteiger partial charge in [-0.25, -0.2) is 0 Å². The Morgan fingerprint density at radius 3 is 2.61 bits per heavy atom. The number of hydrogen-bond acceptors (Lipinski definition) is 3. The van der Waals surface area contributed by atoms with Gasteiger partial charge in [0.2, 0.25) is 5.91 Å². The Balaban J connectivity index is 2.18. The number of carbonyl (C=O) groups excluding carboxylic acids is 2. The summed E-state index contributed by atoms with van der Waals surface area (Å²) in [6.45, 7) is 0.216. The van der Waals surface area contributed by atoms with Crippen molar-refractivity contribution < 1.29 is 14.3 Å². The predicted molar refractivity (Wildman–Crippen MR) is 67.8 cm³/mol. The molecule has 0 saturated heterocycles. The monoisotopic (exact) mass is 245 g/mol. The van der Waals surface area contributed by atoms with Gasteiger partial charge < -0.3 is 10.1 Å². The largest absolute Gasteiger partial charge is 0.427 e. The molecule has 0 atom stereocenters. The van der Waals surface area contributed by atoms with Crippen LogP contribution in [0.4, 0.5) is 0 Å². The van der Waals surface area contributed by atoms with Gasteiger partial charge in [0, 0.05) is 12.8 Å². The molecule has 1 rings (SSSR count). The Labute approximate surface area is 106 Å². The average Bonchev–Trinajstić information content (AvgIpc) is 2.37. The van der Waals surface area contributed by atoms with Crippen LogP contribution < -0.4 is 10.1 Å². The molecular formula is C14H15NO3. The van der Waals surface area contributed by atoms with Crippen LogP contribution in [0.5, 0.6) is 5.75 Å². The van der Waals surface area contributed by atoms with Crippen LogP contribution in [0, 0.1) is 12.3 Å². The first-order valence-corrected chi connectivity index (χ1v) is 5.68. The minimum atomic E-state index is -0.342. The van der Waals surface area contributed by atoms with E-state index < -0.39 is 0 Å². The smallest absolute Gasteiger partial charge is 0.311 e. The van der Waals surface area contributed by atoms with Crippen molar-refractivity contribution in [2.45, 2.75) is 19.3 Å². The molecule has 0 spiro atoms. The van der Waals surface area contributed by atoms with Crippen LogP contribution >= 0.6 is 0 Å². The second kappa shape index (κ2) is 7.91. The molecule has 0 aliphatic carbocycles. The number of terminal acetylenes is 1. The molecule has 0 radical (unpaired) electrons. The van der Waals surface area contributed by atoms with Crippen molar-refractivity contribution in [1.29, 1.82) is 0 Å². The molecule has 4 nitrogen and oxygen atoms in total. The average molecular weight is 245 g/mol. The molecule has 0 saturated carbocycles. The first-order valence-electron chi connectivity index (χ1n) is 5.68. The van der Waals surface area contributed by atoms with Gasteiger partial charge in [-0.15, -0.1) is 6.42 Å². The van der Waals surface area contributed by atoms with Gasteiger partial charge in [0.05, 0.1) is 6.54 Å². The fourth-order valence-electron chi connectivity index (χ4n) is 1.30. The fraction of sp³-hybridized carbons (Fsp3) is 0.286. The zero-order chi connectivity index (χ0) is 13.2. The lowest BCUT2D eigenvalue weighted by atomic mass is 10.2. The van der Waals surface area contributed by atoms with Crippen molar-refractivity contribution in [3.8, 4) is 18.1 Å². The number of hydrogen-bond donors (Lipinski definition) is 1. The standard InChI is InChI=1S/C14H15NO3/c1-2-11-15-13(16)9-6-10-14(17)18-12-7-4-3-5-8-12/h1,3-5,7-8H,6,9-11H2,(H,15,16). The molecular weight excluding hydrogens is 230 g/mol. The second-order valence-electron chi connectivity index (χ2n) is 3.62. The normalized spacial score (nSPS) is 9.28. The Hall–Kier alpha value is -2.28. The Kier molecular flexibility index (Phi) is 6.05. The van der Waals surface area contributed by atoms with Crippen molar-refractivity contribution in [2.24, 2.45) is 0 Å². The molecule has 0 aliphatic heterocycles. The van der Waals surface area contributed by atoms with E-state index in [0.29, 0.717) is 12.2 Å². The summed E-state index contributed by atoms with van der Waals surface area (Å²) in [6.07, 6.45) is 5.92. The van der Waals surface area contributed by atoms with Crippen molar-refractivity contribution in [3.05, 3.63) is 30.3 Å². The lowest BCUT2D eigenvalue weighted by molar-refractivity contribution is -0.134. The van der Waals surface area contributed by atoms with Crippen LogP contribution in [-0.2, 0) is 9.59 Å². The summed E-state index contributed by atoms with van der Waals surface area (Å²) in [7, 11) is 0. The molecule has 0 aliphatic rings. The van der Waals surface area contributed by atoms with Gasteiger partial charge in [0.1, 0.15) is 5.75 Å². The minimum absolute atomic E-state index is 0.152. The van der Waals surface area contributed by atoms with Gasteiger partial charge in [-0.05, 0) is 18.6 Å². The molecule has 94 valence electrons. The minimum Gasteiger partial charge on any atom is -0.427 e. The van der Waals surface area contributed by atoms with Gasteiger partial charge in [-0.3, -0.25) is 9.59 Å². The molecule has 0 bridgehead atoms. The molecule has 1 amide bonds. The second-order valence-corrected chi connectivity index (χ2v) is 3.62. The molecule has 0 aromatic heterocycles. The maximum atomic E-state index is 11.4. The lowest BCUT2D eigenvalue weighted by Gasteiger charge is -2.04. The van der Waals surface area contributed by atoms with E-state index in [9.17, 15) is 9.59 Å². The van der Waals surface area contributed by atoms with E-state index >= 15 is 0 Å². The van der Waals surface area contributed by atoms with Crippen molar-refractivity contribution in [2.75, 3.05) is 6.54 Å². The number of ether oxygens (including phenoxy) is 1. The Morgan fingerprint density at radius 1 is 1.22 bits per heavy atom. The summed E-state index contributed by atoms with van der Waals surface area (Å²) in [5, 5.41) is 2.53. The van der Waals surface area contributed by atoms with Crippen LogP contribution in [0.3, 0.4) is 0 Å². The van der Waals surface area contributed by atoms with Crippen molar-refractivity contribution in [3.63, 3.8) is 0 Å². The SMILES string of the molecule is C#CCNC(=O)CCCC(=O)Oc1ccccc1. The zero-order valence-electron chi connectivity index (χ0n) is 10.0. The highest BCUT2D eigenvalue weighted by Gasteiger charge is 2.06. The fourth-order valence-corrected chi connectivity index (χ4v) is 1.30. The third-order valence-corrected chi connectivity index (χ3v) is 2.15. The van der Waals surface area contributed by atoms with E-state index in [1.54, 1.807) is 24.3 Å². The molecule has 1 aromatic rings. The lowest BCUT2D eigenvalue weighted by Crippen LogP contribution is -2.23. The van der Waals surface area contributed by atoms with Crippen LogP contribution in [0.25, 0.3) is 0 Å². The third-order valence-electron chi connectivity index (χ3n) is 2.15. The quantitative estimate of drug-likeness (QED) is 0.469. The number of nitrogens with one attached hydrogen (secondary N) is 1. The molecule has 18 heavy (non-hydrogen) atoms. The van der Waals surface area contributed by atoms with E-state index in [2.05, 4.69) is 11.2 Å². The molecule has 4 heteroatoms. The van der Waals surface area contributed by atoms with E-state index in [-0.39, 0.29) is 31.3 Å². The van der Waals surface area contributed by atoms with Crippen LogP contribution in [0.15, 0.2) is 30.3 Å². The first-order chi connectivity index (χ1) is 8.72. The number of para-hydroxylation sites is 1. The Bertz CT molecular complexity index is 434. The first kappa shape index (κ1) is 13.8. The number of carbonyl (C=O) groups is 2. The van der Waals surface area contributed by atoms with Gasteiger partial charge in [0.15, 0.2) is 0 Å². The number of rotatable bonds is 6. The third kappa shape index (κ3) is 5.71. The summed E-state index contributed by atoms with van der Waals surface area (Å²) in [6, 6.07) is 8.83. The number of benzene rings is 1. The summed E-state index contributed by atoms with van der Waals surface area (Å²) in [4.78, 5) is 22.6. The maximum Gasteiger partial charge on any atom is 0.311 e. The van der Waals surface area contributed by atoms with Crippen molar-refractivity contribution >= 4 is 11.9 Å². The van der Waals surface area contributed by atoms with Gasteiger partial charge >= 0.3 is 5.97 Å². The summed E-state index contributed by atoms with van der Waals surface area (Å²) in [5.41, 5.74) is 0. The number of esters is 1.